The number of nitrogens with two attached hydrogens (primary N) is 1. The van der Waals surface area contributed by atoms with Gasteiger partial charge >= 0.3 is 11.9 Å². The van der Waals surface area contributed by atoms with Gasteiger partial charge in [0.15, 0.2) is 12.1 Å². The lowest BCUT2D eigenvalue weighted by atomic mass is 9.82. The molecule has 0 saturated carbocycles. The van der Waals surface area contributed by atoms with E-state index >= 15 is 0 Å². The molecule has 0 aromatic heterocycles. The lowest BCUT2D eigenvalue weighted by Crippen LogP contribution is -2.58. The molecule has 64 heavy (non-hydrogen) atoms. The van der Waals surface area contributed by atoms with Crippen molar-refractivity contribution in [2.75, 3.05) is 0 Å². The smallest absolute Gasteiger partial charge is 0.311 e. The van der Waals surface area contributed by atoms with Crippen molar-refractivity contribution in [1.82, 2.24) is 0 Å². The minimum absolute atomic E-state index is 0.0215. The fraction of sp³-hybridized carbons (Fsp3) is 0.673. The summed E-state index contributed by atoms with van der Waals surface area (Å²) in [6.07, 6.45) is 12.6. The number of carboxylic acids is 1. The molecule has 18 atom stereocenters. The monoisotopic (exact) mass is 904 g/mol. The van der Waals surface area contributed by atoms with Crippen LogP contribution in [0.1, 0.15) is 99.3 Å². The number of carboxylic acid groups (broad SMARTS) is 1. The van der Waals surface area contributed by atoms with Crippen molar-refractivity contribution in [3.05, 3.63) is 85.1 Å². The first-order valence-electron chi connectivity index (χ1n) is 22.9. The largest absolute Gasteiger partial charge is 0.481 e. The highest BCUT2D eigenvalue weighted by Gasteiger charge is 2.51. The fourth-order valence-corrected chi connectivity index (χ4v) is 8.26. The molecule has 2 bridgehead atoms. The van der Waals surface area contributed by atoms with Gasteiger partial charge in [0.25, 0.3) is 0 Å². The van der Waals surface area contributed by atoms with Gasteiger partial charge in [-0.15, -0.1) is 0 Å². The number of esters is 1. The number of cyclic esters (lactones) is 1. The molecule has 2 fully saturated rings. The molecule has 2 saturated heterocycles. The predicted molar refractivity (Wildman–Crippen MR) is 242 cm³/mol. The molecule has 3 rings (SSSR count). The molecule has 3 aliphatic heterocycles. The molecule has 15 nitrogen and oxygen atoms in total. The third-order valence-electron chi connectivity index (χ3n) is 13.0. The van der Waals surface area contributed by atoms with Crippen molar-refractivity contribution >= 4 is 11.9 Å². The first kappa shape index (κ1) is 55.0. The maximum absolute atomic E-state index is 12.7. The van der Waals surface area contributed by atoms with E-state index in [1.54, 1.807) is 37.3 Å². The third-order valence-corrected chi connectivity index (χ3v) is 13.0. The standard InChI is InChI=1S/C49H77NO14/c1-30-20-17-15-13-11-9-7-8-10-12-14-16-18-22-38(63-48-46(57)45(50)33(4)35(6)62-48)27-42-44(47(58)59)41(55)29-49(60,64-42)28-37(52)26-40(54)39(53)25-24-36(51)21-19-23-43(56)61-34(5)32(3)31(30)2/h7-18,20,22,30-42,44-46,48,51-55,57,60H,19,21,23-29,50H2,1-6H3,(H,58,59)/b8-7+,11-9+,12-10+,15-13+,16-14+,20-17+,22-18+/t30-,31+,32+,33?,34-,35?,36-,37-,38-,39+,40+,41-,42-,44+,45?,46?,48?,49+/m0/s1. The zero-order valence-corrected chi connectivity index (χ0v) is 38.4. The average molecular weight is 904 g/mol. The number of carbonyl (C=O) groups is 2. The van der Waals surface area contributed by atoms with Gasteiger partial charge in [-0.3, -0.25) is 9.59 Å². The Morgan fingerprint density at radius 3 is 1.86 bits per heavy atom. The lowest BCUT2D eigenvalue weighted by Gasteiger charge is -2.45. The maximum Gasteiger partial charge on any atom is 0.311 e. The molecule has 15 heteroatoms. The molecular formula is C49H77NO14. The predicted octanol–water partition coefficient (Wildman–Crippen LogP) is 4.29. The minimum Gasteiger partial charge on any atom is -0.481 e. The first-order chi connectivity index (χ1) is 30.2. The van der Waals surface area contributed by atoms with Gasteiger partial charge in [-0.1, -0.05) is 113 Å². The van der Waals surface area contributed by atoms with Crippen molar-refractivity contribution in [1.29, 1.82) is 0 Å². The number of allylic oxidation sites excluding steroid dienone is 13. The summed E-state index contributed by atoms with van der Waals surface area (Å²) < 4.78 is 23.9. The van der Waals surface area contributed by atoms with Crippen LogP contribution in [-0.4, -0.2) is 132 Å². The number of ether oxygens (including phenoxy) is 4. The van der Waals surface area contributed by atoms with Gasteiger partial charge < -0.3 is 65.5 Å². The molecule has 3 aliphatic rings. The van der Waals surface area contributed by atoms with Crippen molar-refractivity contribution in [2.24, 2.45) is 35.3 Å². The molecule has 0 spiro atoms. The SMILES string of the molecule is CC1OC(O[C@H]2/C=C/C=C/C=C/C=C/C=C/C=C/C=C/[C@H](C)[C@@H](C)[C@@H](C)[C@H](C)OC(=O)CCC[C@H](O)CC[C@@H](O)[C@H](O)C[C@H](O)C[C@]3(O)C[C@H](O)[C@@H](C(=O)O)[C@H](C2)O3)C(O)C(N)C1C. The Hall–Kier alpha value is -3.32. The Labute approximate surface area is 379 Å². The van der Waals surface area contributed by atoms with Gasteiger partial charge in [-0.2, -0.15) is 0 Å². The van der Waals surface area contributed by atoms with E-state index in [-0.39, 0.29) is 74.0 Å². The zero-order chi connectivity index (χ0) is 47.6. The lowest BCUT2D eigenvalue weighted by molar-refractivity contribution is -0.307. The van der Waals surface area contributed by atoms with Gasteiger partial charge in [0, 0.05) is 38.1 Å². The highest BCUT2D eigenvalue weighted by molar-refractivity contribution is 5.71. The van der Waals surface area contributed by atoms with E-state index in [0.29, 0.717) is 6.42 Å². The Bertz CT molecular complexity index is 1630. The van der Waals surface area contributed by atoms with Gasteiger partial charge in [-0.05, 0) is 63.2 Å². The number of hydrogen-bond acceptors (Lipinski definition) is 14. The van der Waals surface area contributed by atoms with E-state index in [1.807, 2.05) is 62.5 Å². The Morgan fingerprint density at radius 2 is 1.27 bits per heavy atom. The van der Waals surface area contributed by atoms with Crippen LogP contribution in [0.3, 0.4) is 0 Å². The van der Waals surface area contributed by atoms with E-state index in [0.717, 1.165) is 0 Å². The van der Waals surface area contributed by atoms with Crippen molar-refractivity contribution in [3.63, 3.8) is 0 Å². The number of fused-ring (bicyclic) bond motifs is 2. The molecule has 0 radical (unpaired) electrons. The Morgan fingerprint density at radius 1 is 0.688 bits per heavy atom. The third kappa shape index (κ3) is 18.2. The quantitative estimate of drug-likeness (QED) is 0.179. The van der Waals surface area contributed by atoms with Crippen molar-refractivity contribution in [2.45, 2.75) is 178 Å². The second-order valence-corrected chi connectivity index (χ2v) is 18.1. The normalized spacial score (nSPS) is 44.8. The molecule has 0 aromatic rings. The van der Waals surface area contributed by atoms with Crippen molar-refractivity contribution < 1.29 is 69.4 Å². The number of aliphatic hydroxyl groups excluding tert-OH is 6. The molecule has 0 aromatic carbocycles. The van der Waals surface area contributed by atoms with Crippen LogP contribution in [0, 0.1) is 29.6 Å². The summed E-state index contributed by atoms with van der Waals surface area (Å²) in [6, 6.07) is -0.684. The van der Waals surface area contributed by atoms with Crippen molar-refractivity contribution in [3.8, 4) is 0 Å². The van der Waals surface area contributed by atoms with E-state index in [4.69, 9.17) is 24.7 Å². The summed E-state index contributed by atoms with van der Waals surface area (Å²) in [5.74, 6) is -5.17. The highest BCUT2D eigenvalue weighted by atomic mass is 16.7. The topological polar surface area (TPSA) is 259 Å². The average Bonchev–Trinajstić information content (AvgIpc) is 3.22. The number of rotatable bonds is 3. The zero-order valence-electron chi connectivity index (χ0n) is 38.4. The summed E-state index contributed by atoms with van der Waals surface area (Å²) >= 11 is 0. The molecule has 362 valence electrons. The Kier molecular flexibility index (Phi) is 23.5. The minimum atomic E-state index is -2.25. The number of hydrogen-bond donors (Lipinski definition) is 9. The summed E-state index contributed by atoms with van der Waals surface area (Å²) in [7, 11) is 0. The highest BCUT2D eigenvalue weighted by Crippen LogP contribution is 2.38. The van der Waals surface area contributed by atoms with Gasteiger partial charge in [0.05, 0.1) is 48.8 Å². The number of carbonyl (C=O) groups excluding carboxylic acids is 1. The van der Waals surface area contributed by atoms with Crippen LogP contribution < -0.4 is 5.73 Å². The number of aliphatic hydroxyl groups is 7. The molecule has 0 aliphatic carbocycles. The van der Waals surface area contributed by atoms with Crippen LogP contribution >= 0.6 is 0 Å². The summed E-state index contributed by atoms with van der Waals surface area (Å²) in [5, 5.41) is 86.8. The second-order valence-electron chi connectivity index (χ2n) is 18.1. The maximum atomic E-state index is 12.7. The summed E-state index contributed by atoms with van der Waals surface area (Å²) in [6.45, 7) is 11.8. The van der Waals surface area contributed by atoms with Crippen LogP contribution in [0.25, 0.3) is 0 Å². The van der Waals surface area contributed by atoms with Gasteiger partial charge in [0.2, 0.25) is 0 Å². The van der Waals surface area contributed by atoms with Gasteiger partial charge in [-0.25, -0.2) is 0 Å². The molecule has 5 unspecified atom stereocenters. The second kappa shape index (κ2) is 27.4. The first-order valence-corrected chi connectivity index (χ1v) is 22.9. The van der Waals surface area contributed by atoms with Crippen LogP contribution in [0.2, 0.25) is 0 Å². The van der Waals surface area contributed by atoms with E-state index < -0.39 is 98.1 Å². The molecular weight excluding hydrogens is 827 g/mol. The van der Waals surface area contributed by atoms with Crippen LogP contribution in [-0.2, 0) is 28.5 Å². The van der Waals surface area contributed by atoms with E-state index in [1.165, 1.54) is 0 Å². The van der Waals surface area contributed by atoms with E-state index in [2.05, 4.69) is 26.8 Å². The Balaban J connectivity index is 1.84. The molecule has 10 N–H and O–H groups in total. The van der Waals surface area contributed by atoms with Gasteiger partial charge in [0.1, 0.15) is 18.1 Å². The summed E-state index contributed by atoms with van der Waals surface area (Å²) in [4.78, 5) is 25.1. The van der Waals surface area contributed by atoms with Crippen LogP contribution in [0.4, 0.5) is 0 Å². The number of aliphatic carboxylic acids is 1. The van der Waals surface area contributed by atoms with Crippen LogP contribution in [0.15, 0.2) is 85.1 Å². The van der Waals surface area contributed by atoms with Crippen LogP contribution in [0.5, 0.6) is 0 Å². The molecule has 3 heterocycles. The fourth-order valence-electron chi connectivity index (χ4n) is 8.26. The summed E-state index contributed by atoms with van der Waals surface area (Å²) in [5.41, 5.74) is 6.28. The molecule has 0 amide bonds. The van der Waals surface area contributed by atoms with E-state index in [9.17, 15) is 50.4 Å².